The lowest BCUT2D eigenvalue weighted by molar-refractivity contribution is 0.0847. The van der Waals surface area contributed by atoms with Crippen LogP contribution in [-0.2, 0) is 0 Å². The van der Waals surface area contributed by atoms with Gasteiger partial charge in [-0.3, -0.25) is 9.78 Å². The first-order valence-corrected chi connectivity index (χ1v) is 5.06. The maximum absolute atomic E-state index is 11.8. The van der Waals surface area contributed by atoms with Crippen molar-refractivity contribution in [2.24, 2.45) is 0 Å². The van der Waals surface area contributed by atoms with Crippen molar-refractivity contribution in [1.82, 2.24) is 10.3 Å². The number of carbonyl (C=O) groups is 1. The van der Waals surface area contributed by atoms with E-state index in [1.807, 2.05) is 6.92 Å². The molecule has 1 aromatic rings. The lowest BCUT2D eigenvalue weighted by Gasteiger charge is -2.39. The fourth-order valence-electron chi connectivity index (χ4n) is 1.75. The smallest absolute Gasteiger partial charge is 0.255 e. The van der Waals surface area contributed by atoms with E-state index in [2.05, 4.69) is 10.3 Å². The zero-order valence-corrected chi connectivity index (χ0v) is 8.66. The molecule has 0 aromatic carbocycles. The van der Waals surface area contributed by atoms with Gasteiger partial charge in [0.25, 0.3) is 5.91 Å². The van der Waals surface area contributed by atoms with E-state index in [-0.39, 0.29) is 22.8 Å². The lowest BCUT2D eigenvalue weighted by Crippen LogP contribution is -2.50. The van der Waals surface area contributed by atoms with Crippen molar-refractivity contribution in [2.45, 2.75) is 31.7 Å². The highest BCUT2D eigenvalue weighted by molar-refractivity contribution is 5.97. The molecule has 1 fully saturated rings. The Balaban J connectivity index is 2.11. The van der Waals surface area contributed by atoms with Crippen LogP contribution in [0.15, 0.2) is 18.5 Å². The Labute approximate surface area is 88.3 Å². The molecule has 1 aliphatic rings. The van der Waals surface area contributed by atoms with Gasteiger partial charge in [0.05, 0.1) is 11.8 Å². The summed E-state index contributed by atoms with van der Waals surface area (Å²) in [7, 11) is 0. The van der Waals surface area contributed by atoms with E-state index in [9.17, 15) is 9.90 Å². The standard InChI is InChI=1S/C11H14N2O2/c1-11(4-2-5-11)13-10(15)8-3-6-12-7-9(8)14/h3,6-7,14H,2,4-5H2,1H3,(H,13,15). The van der Waals surface area contributed by atoms with Crippen LogP contribution in [-0.4, -0.2) is 21.5 Å². The molecule has 0 unspecified atom stereocenters. The molecule has 2 N–H and O–H groups in total. The average Bonchev–Trinajstić information content (AvgIpc) is 2.16. The average molecular weight is 206 g/mol. The summed E-state index contributed by atoms with van der Waals surface area (Å²) in [5, 5.41) is 12.4. The first kappa shape index (κ1) is 9.96. The first-order valence-electron chi connectivity index (χ1n) is 5.06. The number of amides is 1. The molecule has 2 rings (SSSR count). The van der Waals surface area contributed by atoms with E-state index >= 15 is 0 Å². The topological polar surface area (TPSA) is 62.2 Å². The second kappa shape index (κ2) is 3.53. The van der Waals surface area contributed by atoms with E-state index in [1.165, 1.54) is 18.5 Å². The molecule has 15 heavy (non-hydrogen) atoms. The zero-order chi connectivity index (χ0) is 10.9. The largest absolute Gasteiger partial charge is 0.505 e. The van der Waals surface area contributed by atoms with Crippen LogP contribution >= 0.6 is 0 Å². The Morgan fingerprint density at radius 3 is 2.87 bits per heavy atom. The fraction of sp³-hybridized carbons (Fsp3) is 0.455. The third-order valence-corrected chi connectivity index (χ3v) is 2.92. The summed E-state index contributed by atoms with van der Waals surface area (Å²) in [4.78, 5) is 15.5. The predicted octanol–water partition coefficient (Wildman–Crippen LogP) is 1.46. The van der Waals surface area contributed by atoms with Gasteiger partial charge in [-0.25, -0.2) is 0 Å². The summed E-state index contributed by atoms with van der Waals surface area (Å²) in [6, 6.07) is 1.52. The van der Waals surface area contributed by atoms with Gasteiger partial charge in [0.15, 0.2) is 0 Å². The minimum atomic E-state index is -0.225. The number of rotatable bonds is 2. The van der Waals surface area contributed by atoms with Gasteiger partial charge in [-0.1, -0.05) is 0 Å². The molecule has 1 saturated carbocycles. The lowest BCUT2D eigenvalue weighted by atomic mass is 9.78. The summed E-state index contributed by atoms with van der Waals surface area (Å²) in [5.74, 6) is -0.296. The molecule has 0 bridgehead atoms. The van der Waals surface area contributed by atoms with Crippen LogP contribution in [0.2, 0.25) is 0 Å². The van der Waals surface area contributed by atoms with E-state index in [1.54, 1.807) is 0 Å². The van der Waals surface area contributed by atoms with Crippen molar-refractivity contribution in [2.75, 3.05) is 0 Å². The van der Waals surface area contributed by atoms with Crippen LogP contribution in [0.25, 0.3) is 0 Å². The van der Waals surface area contributed by atoms with Crippen molar-refractivity contribution in [3.63, 3.8) is 0 Å². The molecule has 4 nitrogen and oxygen atoms in total. The van der Waals surface area contributed by atoms with Gasteiger partial charge in [0.1, 0.15) is 5.75 Å². The fourth-order valence-corrected chi connectivity index (χ4v) is 1.75. The molecular formula is C11H14N2O2. The van der Waals surface area contributed by atoms with Gasteiger partial charge in [-0.15, -0.1) is 0 Å². The van der Waals surface area contributed by atoms with Gasteiger partial charge in [-0.2, -0.15) is 0 Å². The van der Waals surface area contributed by atoms with Crippen molar-refractivity contribution in [1.29, 1.82) is 0 Å². The Morgan fingerprint density at radius 1 is 1.60 bits per heavy atom. The van der Waals surface area contributed by atoms with Crippen LogP contribution in [0.3, 0.4) is 0 Å². The number of carbonyl (C=O) groups excluding carboxylic acids is 1. The molecular weight excluding hydrogens is 192 g/mol. The van der Waals surface area contributed by atoms with E-state index in [0.29, 0.717) is 0 Å². The molecule has 1 amide bonds. The Bertz CT molecular complexity index is 386. The van der Waals surface area contributed by atoms with Crippen molar-refractivity contribution in [3.05, 3.63) is 24.0 Å². The minimum absolute atomic E-state index is 0.0714. The number of nitrogens with one attached hydrogen (secondary N) is 1. The minimum Gasteiger partial charge on any atom is -0.505 e. The molecule has 1 aliphatic carbocycles. The Kier molecular flexibility index (Phi) is 2.34. The van der Waals surface area contributed by atoms with E-state index < -0.39 is 0 Å². The summed E-state index contributed by atoms with van der Waals surface area (Å²) in [6.07, 6.45) is 5.93. The van der Waals surface area contributed by atoms with Crippen molar-refractivity contribution < 1.29 is 9.90 Å². The third kappa shape index (κ3) is 1.93. The normalized spacial score (nSPS) is 17.9. The summed E-state index contributed by atoms with van der Waals surface area (Å²) in [5.41, 5.74) is 0.199. The Hall–Kier alpha value is -1.58. The van der Waals surface area contributed by atoms with Crippen LogP contribution in [0.1, 0.15) is 36.5 Å². The van der Waals surface area contributed by atoms with Crippen LogP contribution in [0.4, 0.5) is 0 Å². The third-order valence-electron chi connectivity index (χ3n) is 2.92. The number of aromatic nitrogens is 1. The zero-order valence-electron chi connectivity index (χ0n) is 8.66. The van der Waals surface area contributed by atoms with Crippen molar-refractivity contribution >= 4 is 5.91 Å². The highest BCUT2D eigenvalue weighted by atomic mass is 16.3. The van der Waals surface area contributed by atoms with Gasteiger partial charge < -0.3 is 10.4 Å². The first-order chi connectivity index (χ1) is 7.11. The van der Waals surface area contributed by atoms with Crippen LogP contribution in [0.5, 0.6) is 5.75 Å². The SMILES string of the molecule is CC1(NC(=O)c2ccncc2O)CCC1. The highest BCUT2D eigenvalue weighted by Crippen LogP contribution is 2.31. The van der Waals surface area contributed by atoms with Crippen molar-refractivity contribution in [3.8, 4) is 5.75 Å². The second-order valence-corrected chi connectivity index (χ2v) is 4.26. The molecule has 1 heterocycles. The number of nitrogens with zero attached hydrogens (tertiary/aromatic N) is 1. The summed E-state index contributed by atoms with van der Waals surface area (Å²) < 4.78 is 0. The monoisotopic (exact) mass is 206 g/mol. The quantitative estimate of drug-likeness (QED) is 0.770. The van der Waals surface area contributed by atoms with Gasteiger partial charge >= 0.3 is 0 Å². The molecule has 4 heteroatoms. The molecule has 1 aromatic heterocycles. The maximum atomic E-state index is 11.8. The number of pyridine rings is 1. The van der Waals surface area contributed by atoms with Gasteiger partial charge in [0.2, 0.25) is 0 Å². The molecule has 0 spiro atoms. The van der Waals surface area contributed by atoms with E-state index in [0.717, 1.165) is 19.3 Å². The van der Waals surface area contributed by atoms with Crippen LogP contribution in [0, 0.1) is 0 Å². The second-order valence-electron chi connectivity index (χ2n) is 4.26. The summed E-state index contributed by atoms with van der Waals surface area (Å²) in [6.45, 7) is 2.02. The molecule has 0 aliphatic heterocycles. The Morgan fingerprint density at radius 2 is 2.33 bits per heavy atom. The molecule has 0 atom stereocenters. The van der Waals surface area contributed by atoms with Gasteiger partial charge in [-0.05, 0) is 32.3 Å². The molecule has 0 radical (unpaired) electrons. The summed E-state index contributed by atoms with van der Waals surface area (Å²) >= 11 is 0. The highest BCUT2D eigenvalue weighted by Gasteiger charge is 2.33. The van der Waals surface area contributed by atoms with E-state index in [4.69, 9.17) is 0 Å². The number of aromatic hydroxyl groups is 1. The maximum Gasteiger partial charge on any atom is 0.255 e. The van der Waals surface area contributed by atoms with Gasteiger partial charge in [0, 0.05) is 11.7 Å². The predicted molar refractivity (Wildman–Crippen MR) is 55.6 cm³/mol. The molecule has 80 valence electrons. The number of hydrogen-bond acceptors (Lipinski definition) is 3. The molecule has 0 saturated heterocycles. The number of hydrogen-bond donors (Lipinski definition) is 2. The van der Waals surface area contributed by atoms with Crippen LogP contribution < -0.4 is 5.32 Å².